The number of alkyl halides is 1. The molecule has 0 bridgehead atoms. The molecule has 4 nitrogen and oxygen atoms in total. The molecule has 1 amide bonds. The number of H-pyrrole nitrogens is 1. The molecule has 1 saturated heterocycles. The Morgan fingerprint density at radius 3 is 3.14 bits per heavy atom. The summed E-state index contributed by atoms with van der Waals surface area (Å²) in [5.41, 5.74) is 1.05. The predicted molar refractivity (Wildman–Crippen MR) is 53.1 cm³/mol. The number of aromatic amines is 1. The van der Waals surface area contributed by atoms with E-state index in [-0.39, 0.29) is 11.3 Å². The number of likely N-dealkylation sites (tertiary alicyclic amines) is 1. The summed E-state index contributed by atoms with van der Waals surface area (Å²) >= 11 is 5.88. The molecule has 1 aliphatic heterocycles. The van der Waals surface area contributed by atoms with E-state index in [1.807, 2.05) is 6.07 Å². The number of aromatic nitrogens is 2. The highest BCUT2D eigenvalue weighted by atomic mass is 35.5. The quantitative estimate of drug-likeness (QED) is 0.755. The summed E-state index contributed by atoms with van der Waals surface area (Å²) in [6.07, 6.45) is 3.01. The molecule has 5 heteroatoms. The third-order valence-electron chi connectivity index (χ3n) is 2.38. The molecule has 1 aromatic heterocycles. The molecule has 0 saturated carbocycles. The van der Waals surface area contributed by atoms with Crippen molar-refractivity contribution >= 4 is 17.5 Å². The molecule has 14 heavy (non-hydrogen) atoms. The lowest BCUT2D eigenvalue weighted by molar-refractivity contribution is -0.127. The molecule has 1 N–H and O–H groups in total. The average Bonchev–Trinajstić information content (AvgIpc) is 2.72. The summed E-state index contributed by atoms with van der Waals surface area (Å²) < 4.78 is 0. The van der Waals surface area contributed by atoms with Crippen LogP contribution in [0, 0.1) is 0 Å². The van der Waals surface area contributed by atoms with Crippen molar-refractivity contribution in [3.8, 4) is 0 Å². The van der Waals surface area contributed by atoms with E-state index in [0.29, 0.717) is 13.0 Å². The van der Waals surface area contributed by atoms with Gasteiger partial charge >= 0.3 is 0 Å². The van der Waals surface area contributed by atoms with Crippen molar-refractivity contribution in [2.24, 2.45) is 0 Å². The van der Waals surface area contributed by atoms with E-state index in [0.717, 1.165) is 18.7 Å². The lowest BCUT2D eigenvalue weighted by atomic mass is 10.3. The standard InChI is InChI=1S/C9H12ClN3O/c10-7-5-9(14)13(6-7)4-2-8-1-3-11-12-8/h1,3,7H,2,4-6H2,(H,11,12). The first-order valence-electron chi connectivity index (χ1n) is 4.66. The molecular weight excluding hydrogens is 202 g/mol. The summed E-state index contributed by atoms with van der Waals surface area (Å²) in [5.74, 6) is 0.157. The largest absolute Gasteiger partial charge is 0.341 e. The third-order valence-corrected chi connectivity index (χ3v) is 2.67. The van der Waals surface area contributed by atoms with Gasteiger partial charge in [0.1, 0.15) is 0 Å². The molecule has 1 aliphatic rings. The van der Waals surface area contributed by atoms with Gasteiger partial charge in [-0.15, -0.1) is 11.6 Å². The van der Waals surface area contributed by atoms with Crippen molar-refractivity contribution in [3.05, 3.63) is 18.0 Å². The molecule has 1 aromatic rings. The van der Waals surface area contributed by atoms with Gasteiger partial charge in [0.15, 0.2) is 0 Å². The number of hydrogen-bond acceptors (Lipinski definition) is 2. The van der Waals surface area contributed by atoms with Crippen LogP contribution in [0.4, 0.5) is 0 Å². The fourth-order valence-corrected chi connectivity index (χ4v) is 1.92. The first-order chi connectivity index (χ1) is 6.75. The van der Waals surface area contributed by atoms with E-state index in [9.17, 15) is 4.79 Å². The van der Waals surface area contributed by atoms with Crippen LogP contribution in [0.2, 0.25) is 0 Å². The Morgan fingerprint density at radius 1 is 1.71 bits per heavy atom. The van der Waals surface area contributed by atoms with Crippen LogP contribution < -0.4 is 0 Å². The zero-order valence-electron chi connectivity index (χ0n) is 7.74. The summed E-state index contributed by atoms with van der Waals surface area (Å²) in [6, 6.07) is 1.92. The van der Waals surface area contributed by atoms with Crippen molar-refractivity contribution in [3.63, 3.8) is 0 Å². The van der Waals surface area contributed by atoms with E-state index in [1.54, 1.807) is 11.1 Å². The van der Waals surface area contributed by atoms with Crippen LogP contribution in [0.5, 0.6) is 0 Å². The van der Waals surface area contributed by atoms with Crippen LogP contribution in [0.1, 0.15) is 12.1 Å². The van der Waals surface area contributed by atoms with Crippen LogP contribution >= 0.6 is 11.6 Å². The molecule has 0 aromatic carbocycles. The van der Waals surface area contributed by atoms with Crippen molar-refractivity contribution in [1.29, 1.82) is 0 Å². The van der Waals surface area contributed by atoms with Gasteiger partial charge in [-0.2, -0.15) is 5.10 Å². The molecule has 2 rings (SSSR count). The Bertz CT molecular complexity index is 312. The topological polar surface area (TPSA) is 49.0 Å². The van der Waals surface area contributed by atoms with Crippen LogP contribution in [-0.4, -0.2) is 39.5 Å². The van der Waals surface area contributed by atoms with Gasteiger partial charge in [-0.3, -0.25) is 9.89 Å². The maximum absolute atomic E-state index is 11.4. The van der Waals surface area contributed by atoms with Gasteiger partial charge in [-0.25, -0.2) is 0 Å². The van der Waals surface area contributed by atoms with Crippen molar-refractivity contribution < 1.29 is 4.79 Å². The zero-order valence-corrected chi connectivity index (χ0v) is 8.50. The molecule has 0 aliphatic carbocycles. The van der Waals surface area contributed by atoms with E-state index in [2.05, 4.69) is 10.2 Å². The van der Waals surface area contributed by atoms with E-state index in [1.165, 1.54) is 0 Å². The minimum Gasteiger partial charge on any atom is -0.341 e. The SMILES string of the molecule is O=C1CC(Cl)CN1CCc1ccn[nH]1. The average molecular weight is 214 g/mol. The second kappa shape index (κ2) is 4.00. The van der Waals surface area contributed by atoms with Gasteiger partial charge in [0.2, 0.25) is 5.91 Å². The zero-order chi connectivity index (χ0) is 9.97. The number of nitrogens with one attached hydrogen (secondary N) is 1. The molecule has 0 spiro atoms. The lowest BCUT2D eigenvalue weighted by Gasteiger charge is -2.14. The molecular formula is C9H12ClN3O. The first kappa shape index (κ1) is 9.52. The van der Waals surface area contributed by atoms with Gasteiger partial charge < -0.3 is 4.90 Å². The molecule has 76 valence electrons. The van der Waals surface area contributed by atoms with Gasteiger partial charge in [-0.05, 0) is 6.07 Å². The Morgan fingerprint density at radius 2 is 2.57 bits per heavy atom. The van der Waals surface area contributed by atoms with Crippen LogP contribution in [0.15, 0.2) is 12.3 Å². The minimum absolute atomic E-state index is 0.00994. The summed E-state index contributed by atoms with van der Waals surface area (Å²) in [7, 11) is 0. The van der Waals surface area contributed by atoms with E-state index < -0.39 is 0 Å². The molecule has 1 unspecified atom stereocenters. The summed E-state index contributed by atoms with van der Waals surface area (Å²) in [5, 5.41) is 6.70. The number of amides is 1. The second-order valence-electron chi connectivity index (χ2n) is 3.47. The normalized spacial score (nSPS) is 21.9. The fraction of sp³-hybridized carbons (Fsp3) is 0.556. The maximum atomic E-state index is 11.4. The van der Waals surface area contributed by atoms with E-state index in [4.69, 9.17) is 11.6 Å². The third kappa shape index (κ3) is 2.07. The van der Waals surface area contributed by atoms with Crippen molar-refractivity contribution in [1.82, 2.24) is 15.1 Å². The van der Waals surface area contributed by atoms with Crippen LogP contribution in [0.3, 0.4) is 0 Å². The lowest BCUT2D eigenvalue weighted by Crippen LogP contribution is -2.27. The number of carbonyl (C=O) groups excluding carboxylic acids is 1. The highest BCUT2D eigenvalue weighted by molar-refractivity contribution is 6.22. The van der Waals surface area contributed by atoms with Gasteiger partial charge in [0.25, 0.3) is 0 Å². The Hall–Kier alpha value is -1.03. The smallest absolute Gasteiger partial charge is 0.224 e. The Kier molecular flexibility index (Phi) is 2.72. The first-order valence-corrected chi connectivity index (χ1v) is 5.09. The number of hydrogen-bond donors (Lipinski definition) is 1. The van der Waals surface area contributed by atoms with Gasteiger partial charge in [-0.1, -0.05) is 0 Å². The molecule has 0 radical (unpaired) electrons. The minimum atomic E-state index is -0.00994. The van der Waals surface area contributed by atoms with Gasteiger partial charge in [0, 0.05) is 37.8 Å². The highest BCUT2D eigenvalue weighted by Gasteiger charge is 2.27. The molecule has 2 heterocycles. The van der Waals surface area contributed by atoms with Crippen LogP contribution in [-0.2, 0) is 11.2 Å². The fourth-order valence-electron chi connectivity index (χ4n) is 1.62. The number of carbonyl (C=O) groups is 1. The summed E-state index contributed by atoms with van der Waals surface area (Å²) in [6.45, 7) is 1.40. The van der Waals surface area contributed by atoms with Crippen molar-refractivity contribution in [2.75, 3.05) is 13.1 Å². The van der Waals surface area contributed by atoms with Gasteiger partial charge in [0.05, 0.1) is 5.38 Å². The van der Waals surface area contributed by atoms with Crippen LogP contribution in [0.25, 0.3) is 0 Å². The highest BCUT2D eigenvalue weighted by Crippen LogP contribution is 2.16. The van der Waals surface area contributed by atoms with Crippen molar-refractivity contribution in [2.45, 2.75) is 18.2 Å². The second-order valence-corrected chi connectivity index (χ2v) is 4.09. The number of rotatable bonds is 3. The Labute approximate surface area is 87.2 Å². The molecule has 1 atom stereocenters. The number of halogens is 1. The Balaban J connectivity index is 1.84. The predicted octanol–water partition coefficient (Wildman–Crippen LogP) is 0.792. The van der Waals surface area contributed by atoms with E-state index >= 15 is 0 Å². The summed E-state index contributed by atoms with van der Waals surface area (Å²) in [4.78, 5) is 13.2. The molecule has 1 fully saturated rings. The number of nitrogens with zero attached hydrogens (tertiary/aromatic N) is 2. The monoisotopic (exact) mass is 213 g/mol. The maximum Gasteiger partial charge on any atom is 0.224 e.